The second kappa shape index (κ2) is 5.18. The molecular formula is C16H15FN2O2. The van der Waals surface area contributed by atoms with Gasteiger partial charge in [-0.05, 0) is 42.8 Å². The molecule has 1 N–H and O–H groups in total. The van der Waals surface area contributed by atoms with E-state index >= 15 is 0 Å². The van der Waals surface area contributed by atoms with Crippen molar-refractivity contribution in [2.45, 2.75) is 13.5 Å². The van der Waals surface area contributed by atoms with E-state index in [1.807, 2.05) is 25.1 Å². The third kappa shape index (κ3) is 2.15. The molecular weight excluding hydrogens is 271 g/mol. The van der Waals surface area contributed by atoms with Gasteiger partial charge in [-0.1, -0.05) is 0 Å². The largest absolute Gasteiger partial charge is 0.496 e. The van der Waals surface area contributed by atoms with Crippen molar-refractivity contribution in [3.05, 3.63) is 53.6 Å². The number of methoxy groups -OCH3 is 1. The predicted molar refractivity (Wildman–Crippen MR) is 77.8 cm³/mol. The number of ether oxygens (including phenoxy) is 1. The zero-order valence-electron chi connectivity index (χ0n) is 11.8. The van der Waals surface area contributed by atoms with Gasteiger partial charge < -0.3 is 9.84 Å². The number of aryl methyl sites for hydroxylation is 1. The highest BCUT2D eigenvalue weighted by Crippen LogP contribution is 2.29. The predicted octanol–water partition coefficient (Wildman–Crippen LogP) is 2.95. The fourth-order valence-electron chi connectivity index (χ4n) is 2.49. The van der Waals surface area contributed by atoms with Crippen molar-refractivity contribution in [3.8, 4) is 17.0 Å². The fourth-order valence-corrected chi connectivity index (χ4v) is 2.49. The molecule has 2 aromatic heterocycles. The second-order valence-electron chi connectivity index (χ2n) is 4.80. The molecule has 1 aromatic carbocycles. The number of rotatable bonds is 3. The lowest BCUT2D eigenvalue weighted by molar-refractivity contribution is 0.276. The summed E-state index contributed by atoms with van der Waals surface area (Å²) in [6.07, 6.45) is 1.69. The smallest absolute Gasteiger partial charge is 0.174 e. The Hall–Kier alpha value is -2.40. The van der Waals surface area contributed by atoms with Crippen LogP contribution in [0.25, 0.3) is 16.9 Å². The molecule has 0 saturated carbocycles. The molecule has 108 valence electrons. The average molecular weight is 286 g/mol. The standard InChI is InChI=1S/C16H15FN2O2/c1-10-8-11(5-6-14(10)21-2)15-13(9-20)19-7-3-4-12(17)16(19)18-15/h3-8,20H,9H2,1-2H3. The highest BCUT2D eigenvalue weighted by molar-refractivity contribution is 5.68. The first-order valence-electron chi connectivity index (χ1n) is 6.57. The monoisotopic (exact) mass is 286 g/mol. The molecule has 3 rings (SSSR count). The third-order valence-electron chi connectivity index (χ3n) is 3.52. The van der Waals surface area contributed by atoms with Gasteiger partial charge in [-0.2, -0.15) is 0 Å². The quantitative estimate of drug-likeness (QED) is 0.805. The van der Waals surface area contributed by atoms with Crippen LogP contribution in [0.15, 0.2) is 36.5 Å². The average Bonchev–Trinajstić information content (AvgIpc) is 2.87. The Bertz CT molecular complexity index is 811. The number of fused-ring (bicyclic) bond motifs is 1. The van der Waals surface area contributed by atoms with Gasteiger partial charge in [-0.3, -0.25) is 4.40 Å². The minimum absolute atomic E-state index is 0.213. The topological polar surface area (TPSA) is 46.8 Å². The van der Waals surface area contributed by atoms with E-state index in [-0.39, 0.29) is 12.3 Å². The number of halogens is 1. The molecule has 0 unspecified atom stereocenters. The van der Waals surface area contributed by atoms with Crippen LogP contribution in [0.1, 0.15) is 11.3 Å². The van der Waals surface area contributed by atoms with Gasteiger partial charge in [0.15, 0.2) is 11.5 Å². The summed E-state index contributed by atoms with van der Waals surface area (Å²) in [5.41, 5.74) is 3.13. The van der Waals surface area contributed by atoms with Crippen molar-refractivity contribution in [2.24, 2.45) is 0 Å². The van der Waals surface area contributed by atoms with Crippen molar-refractivity contribution in [1.29, 1.82) is 0 Å². The summed E-state index contributed by atoms with van der Waals surface area (Å²) in [5.74, 6) is 0.364. The van der Waals surface area contributed by atoms with Gasteiger partial charge in [-0.25, -0.2) is 9.37 Å². The van der Waals surface area contributed by atoms with Crippen LogP contribution in [-0.2, 0) is 6.61 Å². The molecule has 21 heavy (non-hydrogen) atoms. The normalized spacial score (nSPS) is 11.0. The SMILES string of the molecule is COc1ccc(-c2nc3c(F)cccn3c2CO)cc1C. The summed E-state index contributed by atoms with van der Waals surface area (Å²) in [7, 11) is 1.61. The number of pyridine rings is 1. The molecule has 4 nitrogen and oxygen atoms in total. The van der Waals surface area contributed by atoms with E-state index in [2.05, 4.69) is 4.98 Å². The van der Waals surface area contributed by atoms with Crippen LogP contribution in [0.2, 0.25) is 0 Å². The molecule has 0 spiro atoms. The van der Waals surface area contributed by atoms with E-state index in [0.29, 0.717) is 11.4 Å². The van der Waals surface area contributed by atoms with Crippen LogP contribution in [0.5, 0.6) is 5.75 Å². The van der Waals surface area contributed by atoms with Crippen molar-refractivity contribution in [3.63, 3.8) is 0 Å². The highest BCUT2D eigenvalue weighted by Gasteiger charge is 2.16. The van der Waals surface area contributed by atoms with Crippen LogP contribution in [-0.4, -0.2) is 21.6 Å². The van der Waals surface area contributed by atoms with Gasteiger partial charge in [-0.15, -0.1) is 0 Å². The number of hydrogen-bond donors (Lipinski definition) is 1. The first kappa shape index (κ1) is 13.6. The Morgan fingerprint density at radius 3 is 2.81 bits per heavy atom. The van der Waals surface area contributed by atoms with Crippen LogP contribution in [0, 0.1) is 12.7 Å². The second-order valence-corrected chi connectivity index (χ2v) is 4.80. The van der Waals surface area contributed by atoms with Crippen LogP contribution in [0.4, 0.5) is 4.39 Å². The molecule has 0 fully saturated rings. The van der Waals surface area contributed by atoms with Crippen molar-refractivity contribution >= 4 is 5.65 Å². The molecule has 0 saturated heterocycles. The molecule has 2 heterocycles. The lowest BCUT2D eigenvalue weighted by atomic mass is 10.1. The molecule has 0 radical (unpaired) electrons. The van der Waals surface area contributed by atoms with E-state index < -0.39 is 5.82 Å². The fraction of sp³-hybridized carbons (Fsp3) is 0.188. The first-order valence-corrected chi connectivity index (χ1v) is 6.57. The van der Waals surface area contributed by atoms with Gasteiger partial charge in [0.05, 0.1) is 25.1 Å². The Balaban J connectivity index is 2.24. The summed E-state index contributed by atoms with van der Waals surface area (Å²) in [5, 5.41) is 9.62. The van der Waals surface area contributed by atoms with Gasteiger partial charge in [0.25, 0.3) is 0 Å². The maximum Gasteiger partial charge on any atom is 0.174 e. The van der Waals surface area contributed by atoms with E-state index in [0.717, 1.165) is 16.9 Å². The van der Waals surface area contributed by atoms with Crippen molar-refractivity contribution < 1.29 is 14.2 Å². The molecule has 0 aliphatic carbocycles. The van der Waals surface area contributed by atoms with E-state index in [1.165, 1.54) is 6.07 Å². The lowest BCUT2D eigenvalue weighted by Gasteiger charge is -2.07. The molecule has 0 bridgehead atoms. The van der Waals surface area contributed by atoms with Crippen molar-refractivity contribution in [2.75, 3.05) is 7.11 Å². The Morgan fingerprint density at radius 2 is 2.14 bits per heavy atom. The van der Waals surface area contributed by atoms with Gasteiger partial charge in [0, 0.05) is 11.8 Å². The molecule has 0 atom stereocenters. The van der Waals surface area contributed by atoms with Gasteiger partial charge in [0.2, 0.25) is 0 Å². The summed E-state index contributed by atoms with van der Waals surface area (Å²) in [6.45, 7) is 1.71. The van der Waals surface area contributed by atoms with E-state index in [4.69, 9.17) is 4.74 Å². The number of aromatic nitrogens is 2. The van der Waals surface area contributed by atoms with Crippen molar-refractivity contribution in [1.82, 2.24) is 9.38 Å². The third-order valence-corrected chi connectivity index (χ3v) is 3.52. The summed E-state index contributed by atoms with van der Waals surface area (Å²) in [4.78, 5) is 4.34. The first-order chi connectivity index (χ1) is 10.2. The highest BCUT2D eigenvalue weighted by atomic mass is 19.1. The number of hydrogen-bond acceptors (Lipinski definition) is 3. The minimum atomic E-state index is -0.413. The molecule has 5 heteroatoms. The Labute approximate surface area is 121 Å². The number of benzene rings is 1. The molecule has 0 aliphatic rings. The van der Waals surface area contributed by atoms with Crippen LogP contribution >= 0.6 is 0 Å². The van der Waals surface area contributed by atoms with Gasteiger partial charge >= 0.3 is 0 Å². The molecule has 0 aliphatic heterocycles. The lowest BCUT2D eigenvalue weighted by Crippen LogP contribution is -1.95. The summed E-state index contributed by atoms with van der Waals surface area (Å²) >= 11 is 0. The van der Waals surface area contributed by atoms with E-state index in [9.17, 15) is 9.50 Å². The Kier molecular flexibility index (Phi) is 3.35. The molecule has 3 aromatic rings. The zero-order chi connectivity index (χ0) is 15.0. The van der Waals surface area contributed by atoms with E-state index in [1.54, 1.807) is 23.8 Å². The number of aliphatic hydroxyl groups excluding tert-OH is 1. The minimum Gasteiger partial charge on any atom is -0.496 e. The van der Waals surface area contributed by atoms with Crippen LogP contribution in [0.3, 0.4) is 0 Å². The maximum absolute atomic E-state index is 13.8. The van der Waals surface area contributed by atoms with Crippen LogP contribution < -0.4 is 4.74 Å². The van der Waals surface area contributed by atoms with Gasteiger partial charge in [0.1, 0.15) is 5.75 Å². The Morgan fingerprint density at radius 1 is 1.33 bits per heavy atom. The summed E-state index contributed by atoms with van der Waals surface area (Å²) < 4.78 is 20.7. The maximum atomic E-state index is 13.8. The zero-order valence-corrected chi connectivity index (χ0v) is 11.8. The number of imidazole rings is 1. The number of aliphatic hydroxyl groups is 1. The summed E-state index contributed by atoms with van der Waals surface area (Å²) in [6, 6.07) is 8.55. The molecule has 0 amide bonds. The number of nitrogens with zero attached hydrogens (tertiary/aromatic N) is 2.